The molecule has 2 heterocycles. The minimum Gasteiger partial charge on any atom is -0.325 e. The van der Waals surface area contributed by atoms with Gasteiger partial charge in [0.05, 0.1) is 22.9 Å². The van der Waals surface area contributed by atoms with Crippen LogP contribution in [0.1, 0.15) is 5.56 Å². The van der Waals surface area contributed by atoms with E-state index in [4.69, 9.17) is 5.26 Å². The molecule has 0 aliphatic rings. The summed E-state index contributed by atoms with van der Waals surface area (Å²) in [5.41, 5.74) is 0.979. The molecule has 30 heavy (non-hydrogen) atoms. The number of rotatable bonds is 5. The molecule has 0 saturated carbocycles. The Bertz CT molecular complexity index is 1360. The maximum atomic E-state index is 14.2. The van der Waals surface area contributed by atoms with Crippen molar-refractivity contribution in [3.05, 3.63) is 76.3 Å². The highest BCUT2D eigenvalue weighted by molar-refractivity contribution is 7.99. The van der Waals surface area contributed by atoms with Crippen LogP contribution in [-0.4, -0.2) is 31.2 Å². The molecule has 0 saturated heterocycles. The number of aromatic amines is 1. The lowest BCUT2D eigenvalue weighted by Gasteiger charge is -2.08. The van der Waals surface area contributed by atoms with Crippen LogP contribution in [0.5, 0.6) is 0 Å². The van der Waals surface area contributed by atoms with Crippen LogP contribution in [0.25, 0.3) is 17.0 Å². The number of anilines is 1. The van der Waals surface area contributed by atoms with E-state index in [-0.39, 0.29) is 33.9 Å². The van der Waals surface area contributed by atoms with E-state index in [2.05, 4.69) is 20.4 Å². The van der Waals surface area contributed by atoms with Crippen LogP contribution in [0.15, 0.2) is 64.5 Å². The standard InChI is InChI=1S/C20H13FN6O2S/c21-15-7-2-1-6-14(15)19-24-16-9-17(28)26-27(16)20(25-19)30-11-18(29)23-13-5-3-4-12(8-13)10-22/h1-9H,11H2,(H,23,29)(H,26,28). The second kappa shape index (κ2) is 8.18. The minimum absolute atomic E-state index is 0.0280. The Hall–Kier alpha value is -3.97. The molecule has 10 heteroatoms. The van der Waals surface area contributed by atoms with Crippen molar-refractivity contribution in [3.63, 3.8) is 0 Å². The molecule has 0 unspecified atom stereocenters. The van der Waals surface area contributed by atoms with Gasteiger partial charge in [0.1, 0.15) is 5.82 Å². The van der Waals surface area contributed by atoms with E-state index in [0.717, 1.165) is 11.8 Å². The first kappa shape index (κ1) is 19.4. The smallest absolute Gasteiger partial charge is 0.266 e. The predicted octanol–water partition coefficient (Wildman–Crippen LogP) is 2.83. The van der Waals surface area contributed by atoms with E-state index in [1.165, 1.54) is 22.7 Å². The summed E-state index contributed by atoms with van der Waals surface area (Å²) in [7, 11) is 0. The molecule has 2 N–H and O–H groups in total. The topological polar surface area (TPSA) is 116 Å². The number of nitrogens with one attached hydrogen (secondary N) is 2. The Morgan fingerprint density at radius 1 is 1.20 bits per heavy atom. The lowest BCUT2D eigenvalue weighted by atomic mass is 10.2. The first-order valence-corrected chi connectivity index (χ1v) is 9.69. The molecule has 4 aromatic rings. The van der Waals surface area contributed by atoms with Crippen LogP contribution in [0.3, 0.4) is 0 Å². The average molecular weight is 420 g/mol. The van der Waals surface area contributed by atoms with Crippen molar-refractivity contribution < 1.29 is 9.18 Å². The third kappa shape index (κ3) is 4.06. The Morgan fingerprint density at radius 3 is 2.83 bits per heavy atom. The van der Waals surface area contributed by atoms with Gasteiger partial charge in [-0.25, -0.2) is 18.9 Å². The van der Waals surface area contributed by atoms with Gasteiger partial charge in [-0.1, -0.05) is 30.0 Å². The number of nitrogens with zero attached hydrogens (tertiary/aromatic N) is 4. The summed E-state index contributed by atoms with van der Waals surface area (Å²) < 4.78 is 15.5. The first-order valence-electron chi connectivity index (χ1n) is 8.71. The molecule has 0 atom stereocenters. The van der Waals surface area contributed by atoms with Crippen molar-refractivity contribution in [3.8, 4) is 17.5 Å². The van der Waals surface area contributed by atoms with Gasteiger partial charge in [0.25, 0.3) is 5.56 Å². The van der Waals surface area contributed by atoms with Gasteiger partial charge in [0.2, 0.25) is 5.91 Å². The Kier molecular flexibility index (Phi) is 5.28. The molecule has 2 aromatic heterocycles. The third-order valence-electron chi connectivity index (χ3n) is 4.05. The third-order valence-corrected chi connectivity index (χ3v) is 4.99. The van der Waals surface area contributed by atoms with Crippen LogP contribution < -0.4 is 10.9 Å². The van der Waals surface area contributed by atoms with E-state index < -0.39 is 11.4 Å². The Morgan fingerprint density at radius 2 is 2.03 bits per heavy atom. The molecule has 0 aliphatic carbocycles. The number of H-pyrrole nitrogens is 1. The number of hydrogen-bond acceptors (Lipinski definition) is 6. The summed E-state index contributed by atoms with van der Waals surface area (Å²) in [6.07, 6.45) is 0. The van der Waals surface area contributed by atoms with Gasteiger partial charge in [-0.2, -0.15) is 5.26 Å². The van der Waals surface area contributed by atoms with Crippen LogP contribution >= 0.6 is 11.8 Å². The Labute approximate surface area is 173 Å². The van der Waals surface area contributed by atoms with Gasteiger partial charge in [0, 0.05) is 11.8 Å². The maximum absolute atomic E-state index is 14.2. The highest BCUT2D eigenvalue weighted by Gasteiger charge is 2.15. The monoisotopic (exact) mass is 420 g/mol. The zero-order valence-corrected chi connectivity index (χ0v) is 16.1. The molecule has 0 radical (unpaired) electrons. The normalized spacial score (nSPS) is 10.7. The molecule has 4 rings (SSSR count). The van der Waals surface area contributed by atoms with E-state index in [1.54, 1.807) is 36.4 Å². The van der Waals surface area contributed by atoms with E-state index in [0.29, 0.717) is 11.3 Å². The van der Waals surface area contributed by atoms with Gasteiger partial charge < -0.3 is 5.32 Å². The lowest BCUT2D eigenvalue weighted by Crippen LogP contribution is -2.15. The molecule has 0 bridgehead atoms. The average Bonchev–Trinajstić information content (AvgIpc) is 3.12. The molecule has 2 aromatic carbocycles. The van der Waals surface area contributed by atoms with Crippen molar-refractivity contribution in [1.29, 1.82) is 5.26 Å². The fraction of sp³-hybridized carbons (Fsp3) is 0.0500. The second-order valence-corrected chi connectivity index (χ2v) is 7.10. The van der Waals surface area contributed by atoms with Crippen LogP contribution in [-0.2, 0) is 4.79 Å². The summed E-state index contributed by atoms with van der Waals surface area (Å²) >= 11 is 1.06. The van der Waals surface area contributed by atoms with Crippen molar-refractivity contribution in [2.75, 3.05) is 11.1 Å². The number of nitriles is 1. The SMILES string of the molecule is N#Cc1cccc(NC(=O)CSc2nc(-c3ccccc3F)nc3cc(=O)[nH]n23)c1. The number of hydrogen-bond donors (Lipinski definition) is 2. The van der Waals surface area contributed by atoms with E-state index in [1.807, 2.05) is 6.07 Å². The van der Waals surface area contributed by atoms with Crippen molar-refractivity contribution in [2.45, 2.75) is 5.16 Å². The van der Waals surface area contributed by atoms with Crippen molar-refractivity contribution >= 4 is 29.0 Å². The highest BCUT2D eigenvalue weighted by Crippen LogP contribution is 2.23. The number of aromatic nitrogens is 4. The Balaban J connectivity index is 1.60. The zero-order chi connectivity index (χ0) is 21.1. The van der Waals surface area contributed by atoms with Gasteiger partial charge in [-0.05, 0) is 30.3 Å². The van der Waals surface area contributed by atoms with Gasteiger partial charge in [-0.15, -0.1) is 0 Å². The van der Waals surface area contributed by atoms with Gasteiger partial charge in [0.15, 0.2) is 16.6 Å². The quantitative estimate of drug-likeness (QED) is 0.480. The van der Waals surface area contributed by atoms with E-state index in [9.17, 15) is 14.0 Å². The van der Waals surface area contributed by atoms with Crippen molar-refractivity contribution in [1.82, 2.24) is 19.6 Å². The van der Waals surface area contributed by atoms with Crippen LogP contribution in [0, 0.1) is 17.1 Å². The predicted molar refractivity (Wildman–Crippen MR) is 110 cm³/mol. The first-order chi connectivity index (χ1) is 14.5. The molecule has 0 fully saturated rings. The fourth-order valence-corrected chi connectivity index (χ4v) is 3.49. The highest BCUT2D eigenvalue weighted by atomic mass is 32.2. The largest absolute Gasteiger partial charge is 0.325 e. The number of fused-ring (bicyclic) bond motifs is 1. The molecule has 1 amide bonds. The summed E-state index contributed by atoms with van der Waals surface area (Å²) in [5.74, 6) is -0.744. The summed E-state index contributed by atoms with van der Waals surface area (Å²) in [4.78, 5) is 32.7. The molecular weight excluding hydrogens is 407 g/mol. The molecular formula is C20H13FN6O2S. The van der Waals surface area contributed by atoms with Crippen molar-refractivity contribution in [2.24, 2.45) is 0 Å². The summed E-state index contributed by atoms with van der Waals surface area (Å²) in [6.45, 7) is 0. The van der Waals surface area contributed by atoms with Crippen LogP contribution in [0.2, 0.25) is 0 Å². The molecule has 0 aliphatic heterocycles. The van der Waals surface area contributed by atoms with E-state index >= 15 is 0 Å². The maximum Gasteiger partial charge on any atom is 0.266 e. The van der Waals surface area contributed by atoms with Gasteiger partial charge in [-0.3, -0.25) is 14.7 Å². The van der Waals surface area contributed by atoms with Crippen LogP contribution in [0.4, 0.5) is 10.1 Å². The lowest BCUT2D eigenvalue weighted by molar-refractivity contribution is -0.113. The number of amides is 1. The molecule has 8 nitrogen and oxygen atoms in total. The minimum atomic E-state index is -0.495. The molecule has 0 spiro atoms. The number of halogens is 1. The summed E-state index contributed by atoms with van der Waals surface area (Å²) in [6, 6.07) is 15.9. The molecule has 148 valence electrons. The second-order valence-electron chi connectivity index (χ2n) is 6.15. The number of thioether (sulfide) groups is 1. The number of benzene rings is 2. The van der Waals surface area contributed by atoms with Gasteiger partial charge >= 0.3 is 0 Å². The summed E-state index contributed by atoms with van der Waals surface area (Å²) in [5, 5.41) is 14.5. The number of carbonyl (C=O) groups excluding carboxylic acids is 1. The number of carbonyl (C=O) groups is 1. The zero-order valence-electron chi connectivity index (χ0n) is 15.3. The fourth-order valence-electron chi connectivity index (χ4n) is 2.74.